The number of pyridine rings is 3. The lowest BCUT2D eigenvalue weighted by Crippen LogP contribution is -1.97. The van der Waals surface area contributed by atoms with Crippen LogP contribution in [0.5, 0.6) is 0 Å². The van der Waals surface area contributed by atoms with Crippen LogP contribution in [-0.4, -0.2) is 24.9 Å². The second-order valence-corrected chi connectivity index (χ2v) is 4.75. The van der Waals surface area contributed by atoms with Crippen LogP contribution < -0.4 is 0 Å². The monoisotopic (exact) mass is 285 g/mol. The molecule has 0 bridgehead atoms. The molecule has 4 heterocycles. The van der Waals surface area contributed by atoms with Crippen LogP contribution >= 0.6 is 0 Å². The van der Waals surface area contributed by atoms with E-state index in [0.717, 1.165) is 28.0 Å². The highest BCUT2D eigenvalue weighted by molar-refractivity contribution is 5.83. The molecule has 4 rings (SSSR count). The fourth-order valence-electron chi connectivity index (χ4n) is 2.30. The summed E-state index contributed by atoms with van der Waals surface area (Å²) in [6.07, 6.45) is 8.75. The van der Waals surface area contributed by atoms with Crippen molar-refractivity contribution in [2.45, 2.75) is 0 Å². The van der Waals surface area contributed by atoms with Crippen LogP contribution in [0.15, 0.2) is 67.4 Å². The van der Waals surface area contributed by atoms with Crippen LogP contribution in [0.3, 0.4) is 0 Å². The summed E-state index contributed by atoms with van der Waals surface area (Å²) in [5.41, 5.74) is 4.73. The van der Waals surface area contributed by atoms with E-state index in [2.05, 4.69) is 19.9 Å². The van der Waals surface area contributed by atoms with Crippen molar-refractivity contribution in [3.8, 4) is 22.5 Å². The van der Waals surface area contributed by atoms with Crippen molar-refractivity contribution in [3.63, 3.8) is 0 Å². The van der Waals surface area contributed by atoms with Crippen LogP contribution in [0.4, 0.5) is 0 Å². The zero-order chi connectivity index (χ0) is 14.8. The Labute approximate surface area is 126 Å². The average Bonchev–Trinajstić information content (AvgIpc) is 2.62. The van der Waals surface area contributed by atoms with Crippen molar-refractivity contribution in [2.24, 2.45) is 0 Å². The SMILES string of the molecule is c1cncc(-c2nc3cccnc3nc2-c2cccnc2)c1. The molecule has 0 spiro atoms. The maximum absolute atomic E-state index is 4.73. The Hall–Kier alpha value is -3.21. The molecular formula is C17H11N5. The van der Waals surface area contributed by atoms with Gasteiger partial charge < -0.3 is 0 Å². The summed E-state index contributed by atoms with van der Waals surface area (Å²) in [6, 6.07) is 11.5. The van der Waals surface area contributed by atoms with Crippen molar-refractivity contribution < 1.29 is 0 Å². The Kier molecular flexibility index (Phi) is 3.01. The molecule has 5 heteroatoms. The summed E-state index contributed by atoms with van der Waals surface area (Å²) in [6.45, 7) is 0. The molecule has 0 fully saturated rings. The van der Waals surface area contributed by atoms with Gasteiger partial charge in [-0.05, 0) is 36.4 Å². The molecule has 0 aromatic carbocycles. The molecule has 4 aromatic heterocycles. The van der Waals surface area contributed by atoms with E-state index in [-0.39, 0.29) is 0 Å². The van der Waals surface area contributed by atoms with Crippen molar-refractivity contribution in [1.82, 2.24) is 24.9 Å². The number of fused-ring (bicyclic) bond motifs is 1. The maximum atomic E-state index is 4.73. The molecular weight excluding hydrogens is 274 g/mol. The molecule has 0 radical (unpaired) electrons. The fraction of sp³-hybridized carbons (Fsp3) is 0. The Morgan fingerprint density at radius 1 is 0.636 bits per heavy atom. The third-order valence-corrected chi connectivity index (χ3v) is 3.31. The standard InChI is InChI=1S/C17H11N5/c1-4-12(10-18-7-1)15-16(13-5-2-8-19-11-13)22-17-14(21-15)6-3-9-20-17/h1-11H. The lowest BCUT2D eigenvalue weighted by molar-refractivity contribution is 1.21. The molecule has 0 atom stereocenters. The minimum absolute atomic E-state index is 0.619. The van der Waals surface area contributed by atoms with Gasteiger partial charge in [-0.1, -0.05) is 0 Å². The zero-order valence-electron chi connectivity index (χ0n) is 11.6. The third-order valence-electron chi connectivity index (χ3n) is 3.31. The van der Waals surface area contributed by atoms with Crippen molar-refractivity contribution >= 4 is 11.2 Å². The molecule has 0 aliphatic heterocycles. The summed E-state index contributed by atoms with van der Waals surface area (Å²) in [4.78, 5) is 22.1. The van der Waals surface area contributed by atoms with E-state index in [4.69, 9.17) is 4.98 Å². The highest BCUT2D eigenvalue weighted by Gasteiger charge is 2.13. The number of rotatable bonds is 2. The topological polar surface area (TPSA) is 64.5 Å². The average molecular weight is 285 g/mol. The van der Waals surface area contributed by atoms with E-state index in [1.165, 1.54) is 0 Å². The van der Waals surface area contributed by atoms with Crippen molar-refractivity contribution in [2.75, 3.05) is 0 Å². The molecule has 0 saturated heterocycles. The molecule has 0 N–H and O–H groups in total. The second-order valence-electron chi connectivity index (χ2n) is 4.75. The van der Waals surface area contributed by atoms with Gasteiger partial charge in [0.15, 0.2) is 5.65 Å². The molecule has 0 saturated carbocycles. The largest absolute Gasteiger partial charge is 0.264 e. The molecule has 5 nitrogen and oxygen atoms in total. The lowest BCUT2D eigenvalue weighted by Gasteiger charge is -2.09. The first kappa shape index (κ1) is 12.5. The highest BCUT2D eigenvalue weighted by atomic mass is 14.9. The van der Waals surface area contributed by atoms with Gasteiger partial charge in [0.2, 0.25) is 0 Å². The Bertz CT molecular complexity index is 845. The number of hydrogen-bond donors (Lipinski definition) is 0. The first-order valence-corrected chi connectivity index (χ1v) is 6.85. The van der Waals surface area contributed by atoms with Crippen LogP contribution in [0, 0.1) is 0 Å². The molecule has 0 amide bonds. The van der Waals surface area contributed by atoms with Gasteiger partial charge in [-0.2, -0.15) is 0 Å². The first-order valence-electron chi connectivity index (χ1n) is 6.85. The van der Waals surface area contributed by atoms with Gasteiger partial charge in [-0.25, -0.2) is 15.0 Å². The van der Waals surface area contributed by atoms with Gasteiger partial charge in [0.05, 0.1) is 5.69 Å². The van der Waals surface area contributed by atoms with Gasteiger partial charge in [-0.3, -0.25) is 9.97 Å². The first-order chi connectivity index (χ1) is 10.9. The van der Waals surface area contributed by atoms with Gasteiger partial charge >= 0.3 is 0 Å². The van der Waals surface area contributed by atoms with Crippen LogP contribution in [-0.2, 0) is 0 Å². The third kappa shape index (κ3) is 2.18. The van der Waals surface area contributed by atoms with E-state index in [1.807, 2.05) is 36.4 Å². The van der Waals surface area contributed by atoms with Crippen LogP contribution in [0.2, 0.25) is 0 Å². The highest BCUT2D eigenvalue weighted by Crippen LogP contribution is 2.29. The molecule has 104 valence electrons. The number of aromatic nitrogens is 5. The number of hydrogen-bond acceptors (Lipinski definition) is 5. The van der Waals surface area contributed by atoms with Crippen LogP contribution in [0.25, 0.3) is 33.7 Å². The summed E-state index contributed by atoms with van der Waals surface area (Å²) < 4.78 is 0. The van der Waals surface area contributed by atoms with E-state index in [1.54, 1.807) is 31.0 Å². The minimum Gasteiger partial charge on any atom is -0.264 e. The summed E-state index contributed by atoms with van der Waals surface area (Å²) in [5, 5.41) is 0. The fourth-order valence-corrected chi connectivity index (χ4v) is 2.30. The van der Waals surface area contributed by atoms with Crippen molar-refractivity contribution in [1.29, 1.82) is 0 Å². The van der Waals surface area contributed by atoms with Crippen molar-refractivity contribution in [3.05, 3.63) is 67.4 Å². The predicted octanol–water partition coefficient (Wildman–Crippen LogP) is 3.15. The Morgan fingerprint density at radius 3 is 1.91 bits per heavy atom. The number of nitrogens with zero attached hydrogens (tertiary/aromatic N) is 5. The van der Waals surface area contributed by atoms with Crippen LogP contribution in [0.1, 0.15) is 0 Å². The molecule has 22 heavy (non-hydrogen) atoms. The summed E-state index contributed by atoms with van der Waals surface area (Å²) in [5.74, 6) is 0. The Balaban J connectivity index is 2.04. The summed E-state index contributed by atoms with van der Waals surface area (Å²) >= 11 is 0. The van der Waals surface area contributed by atoms with E-state index in [9.17, 15) is 0 Å². The van der Waals surface area contributed by atoms with Gasteiger partial charge in [0.25, 0.3) is 0 Å². The van der Waals surface area contributed by atoms with E-state index in [0.29, 0.717) is 5.65 Å². The van der Waals surface area contributed by atoms with Gasteiger partial charge in [0.1, 0.15) is 11.2 Å². The molecule has 0 aliphatic rings. The van der Waals surface area contributed by atoms with E-state index >= 15 is 0 Å². The Morgan fingerprint density at radius 2 is 1.27 bits per heavy atom. The van der Waals surface area contributed by atoms with Gasteiger partial charge in [-0.15, -0.1) is 0 Å². The smallest absolute Gasteiger partial charge is 0.178 e. The molecule has 0 aliphatic carbocycles. The van der Waals surface area contributed by atoms with Gasteiger partial charge in [0, 0.05) is 42.1 Å². The quantitative estimate of drug-likeness (QED) is 0.566. The minimum atomic E-state index is 0.619. The predicted molar refractivity (Wildman–Crippen MR) is 83.8 cm³/mol. The van der Waals surface area contributed by atoms with E-state index < -0.39 is 0 Å². The normalized spacial score (nSPS) is 10.7. The summed E-state index contributed by atoms with van der Waals surface area (Å²) in [7, 11) is 0. The zero-order valence-corrected chi connectivity index (χ0v) is 11.6. The lowest BCUT2D eigenvalue weighted by atomic mass is 10.1. The molecule has 0 unspecified atom stereocenters. The maximum Gasteiger partial charge on any atom is 0.178 e. The molecule has 4 aromatic rings. The second kappa shape index (κ2) is 5.29.